The Kier molecular flexibility index (Phi) is 6.07. The van der Waals surface area contributed by atoms with Gasteiger partial charge in [-0.1, -0.05) is 73.2 Å². The third kappa shape index (κ3) is 4.88. The van der Waals surface area contributed by atoms with Gasteiger partial charge in [0.25, 0.3) is 0 Å². The lowest BCUT2D eigenvalue weighted by atomic mass is 9.71. The van der Waals surface area contributed by atoms with Crippen molar-refractivity contribution in [1.82, 2.24) is 0 Å². The summed E-state index contributed by atoms with van der Waals surface area (Å²) in [7, 11) is 0. The molecule has 0 saturated heterocycles. The molecule has 0 aromatic heterocycles. The second-order valence-corrected chi connectivity index (χ2v) is 7.68. The molecule has 1 aromatic rings. The first-order valence-corrected chi connectivity index (χ1v) is 9.04. The van der Waals surface area contributed by atoms with Crippen molar-refractivity contribution in [2.45, 2.75) is 52.2 Å². The molecule has 0 fully saturated rings. The maximum Gasteiger partial charge on any atom is 0.212 e. The number of benzene rings is 1. The largest absolute Gasteiger partial charge is 0.282 e. The molecule has 1 aliphatic rings. The number of allylic oxidation sites excluding steroid dienone is 3. The van der Waals surface area contributed by atoms with Crippen molar-refractivity contribution in [3.8, 4) is 0 Å². The molecule has 0 amide bonds. The third-order valence-electron chi connectivity index (χ3n) is 4.49. The Balaban J connectivity index is 1.85. The number of carbonyl (C=O) groups is 1. The fourth-order valence-corrected chi connectivity index (χ4v) is 3.87. The summed E-state index contributed by atoms with van der Waals surface area (Å²) in [4.78, 5) is 12.0. The molecule has 118 valence electrons. The van der Waals surface area contributed by atoms with Crippen LogP contribution in [0.1, 0.15) is 52.0 Å². The molecule has 0 bridgehead atoms. The molecule has 0 N–H and O–H groups in total. The lowest BCUT2D eigenvalue weighted by molar-refractivity contribution is -0.107. The SMILES string of the molecule is CC1=C(C/C=C/C(=O)SCc2ccccc2)C(C)(C)CCC1. The van der Waals surface area contributed by atoms with Crippen LogP contribution in [-0.2, 0) is 10.5 Å². The average molecular weight is 314 g/mol. The molecule has 0 atom stereocenters. The Labute approximate surface area is 138 Å². The van der Waals surface area contributed by atoms with E-state index in [4.69, 9.17) is 0 Å². The Morgan fingerprint density at radius 1 is 1.27 bits per heavy atom. The van der Waals surface area contributed by atoms with E-state index in [0.29, 0.717) is 0 Å². The van der Waals surface area contributed by atoms with Crippen molar-refractivity contribution in [3.05, 3.63) is 59.2 Å². The van der Waals surface area contributed by atoms with E-state index < -0.39 is 0 Å². The van der Waals surface area contributed by atoms with Crippen LogP contribution in [0.15, 0.2) is 53.6 Å². The molecule has 1 nitrogen and oxygen atoms in total. The minimum atomic E-state index is 0.149. The number of rotatable bonds is 5. The highest BCUT2D eigenvalue weighted by Gasteiger charge is 2.27. The molecule has 0 unspecified atom stereocenters. The van der Waals surface area contributed by atoms with Gasteiger partial charge in [0.1, 0.15) is 0 Å². The van der Waals surface area contributed by atoms with Gasteiger partial charge in [0.05, 0.1) is 0 Å². The summed E-state index contributed by atoms with van der Waals surface area (Å²) in [6, 6.07) is 10.1. The Hall–Kier alpha value is -1.28. The topological polar surface area (TPSA) is 17.1 Å². The quantitative estimate of drug-likeness (QED) is 0.495. The van der Waals surface area contributed by atoms with E-state index in [9.17, 15) is 4.79 Å². The Morgan fingerprint density at radius 2 is 2.00 bits per heavy atom. The monoisotopic (exact) mass is 314 g/mol. The van der Waals surface area contributed by atoms with E-state index in [1.807, 2.05) is 24.3 Å². The normalized spacial score (nSPS) is 18.0. The predicted octanol–water partition coefficient (Wildman–Crippen LogP) is 5.92. The van der Waals surface area contributed by atoms with Crippen molar-refractivity contribution in [1.29, 1.82) is 0 Å². The summed E-state index contributed by atoms with van der Waals surface area (Å²) in [6.45, 7) is 6.89. The first-order chi connectivity index (χ1) is 10.5. The minimum Gasteiger partial charge on any atom is -0.282 e. The van der Waals surface area contributed by atoms with Crippen LogP contribution >= 0.6 is 11.8 Å². The van der Waals surface area contributed by atoms with Gasteiger partial charge in [-0.05, 0) is 49.7 Å². The van der Waals surface area contributed by atoms with Crippen LogP contribution in [0, 0.1) is 5.41 Å². The lowest BCUT2D eigenvalue weighted by Gasteiger charge is -2.34. The first kappa shape index (κ1) is 17.1. The van der Waals surface area contributed by atoms with Gasteiger partial charge < -0.3 is 0 Å². The van der Waals surface area contributed by atoms with Crippen LogP contribution in [0.2, 0.25) is 0 Å². The molecule has 1 aromatic carbocycles. The maximum atomic E-state index is 12.0. The van der Waals surface area contributed by atoms with Gasteiger partial charge in [0.15, 0.2) is 0 Å². The summed E-state index contributed by atoms with van der Waals surface area (Å²) < 4.78 is 0. The summed E-state index contributed by atoms with van der Waals surface area (Å²) in [5, 5.41) is 0.149. The molecule has 22 heavy (non-hydrogen) atoms. The molecule has 0 heterocycles. The first-order valence-electron chi connectivity index (χ1n) is 8.05. The summed E-state index contributed by atoms with van der Waals surface area (Å²) >= 11 is 1.38. The van der Waals surface area contributed by atoms with Crippen molar-refractivity contribution >= 4 is 16.9 Å². The molecular weight excluding hydrogens is 288 g/mol. The fraction of sp³-hybridized carbons (Fsp3) is 0.450. The minimum absolute atomic E-state index is 0.149. The number of hydrogen-bond donors (Lipinski definition) is 0. The zero-order valence-corrected chi connectivity index (χ0v) is 14.7. The van der Waals surface area contributed by atoms with Crippen LogP contribution in [0.3, 0.4) is 0 Å². The summed E-state index contributed by atoms with van der Waals surface area (Å²) in [6.07, 6.45) is 8.46. The average Bonchev–Trinajstić information content (AvgIpc) is 2.49. The van der Waals surface area contributed by atoms with Gasteiger partial charge in [-0.2, -0.15) is 0 Å². The molecular formula is C20H26OS. The molecule has 0 aliphatic heterocycles. The van der Waals surface area contributed by atoms with Gasteiger partial charge in [0, 0.05) is 5.75 Å². The zero-order valence-electron chi connectivity index (χ0n) is 13.9. The fourth-order valence-electron chi connectivity index (χ4n) is 3.18. The zero-order chi connectivity index (χ0) is 16.0. The lowest BCUT2D eigenvalue weighted by Crippen LogP contribution is -2.20. The van der Waals surface area contributed by atoms with Crippen LogP contribution in [-0.4, -0.2) is 5.12 Å². The number of carbonyl (C=O) groups excluding carboxylic acids is 1. The molecule has 2 heteroatoms. The standard InChI is InChI=1S/C20H26OS/c1-16-9-8-14-20(2,3)18(16)12-7-13-19(21)22-15-17-10-5-4-6-11-17/h4-7,10-11,13H,8-9,12,14-15H2,1-3H3/b13-7+. The van der Waals surface area contributed by atoms with E-state index in [2.05, 4.69) is 32.9 Å². The third-order valence-corrected chi connectivity index (χ3v) is 5.38. The van der Waals surface area contributed by atoms with Gasteiger partial charge in [0.2, 0.25) is 5.12 Å². The van der Waals surface area contributed by atoms with Gasteiger partial charge in [-0.25, -0.2) is 0 Å². The van der Waals surface area contributed by atoms with Crippen LogP contribution in [0.5, 0.6) is 0 Å². The number of hydrogen-bond acceptors (Lipinski definition) is 2. The van der Waals surface area contributed by atoms with E-state index in [1.54, 1.807) is 6.08 Å². The van der Waals surface area contributed by atoms with Crippen molar-refractivity contribution in [2.24, 2.45) is 5.41 Å². The molecule has 1 aliphatic carbocycles. The van der Waals surface area contributed by atoms with Crippen LogP contribution < -0.4 is 0 Å². The number of thioether (sulfide) groups is 1. The molecule has 2 rings (SSSR count). The smallest absolute Gasteiger partial charge is 0.212 e. The summed E-state index contributed by atoms with van der Waals surface area (Å²) in [5.74, 6) is 0.747. The van der Waals surface area contributed by atoms with E-state index in [0.717, 1.165) is 12.2 Å². The highest BCUT2D eigenvalue weighted by atomic mass is 32.2. The van der Waals surface area contributed by atoms with Crippen molar-refractivity contribution < 1.29 is 4.79 Å². The van der Waals surface area contributed by atoms with Crippen molar-refractivity contribution in [2.75, 3.05) is 0 Å². The van der Waals surface area contributed by atoms with Crippen molar-refractivity contribution in [3.63, 3.8) is 0 Å². The van der Waals surface area contributed by atoms with E-state index in [-0.39, 0.29) is 10.5 Å². The second-order valence-electron chi connectivity index (χ2n) is 6.70. The Morgan fingerprint density at radius 3 is 2.68 bits per heavy atom. The van der Waals surface area contributed by atoms with Crippen LogP contribution in [0.25, 0.3) is 0 Å². The molecule has 0 radical (unpaired) electrons. The van der Waals surface area contributed by atoms with E-state index in [1.165, 1.54) is 47.7 Å². The molecule has 0 spiro atoms. The van der Waals surface area contributed by atoms with Gasteiger partial charge in [-0.3, -0.25) is 4.79 Å². The summed E-state index contributed by atoms with van der Waals surface area (Å²) in [5.41, 5.74) is 4.52. The van der Waals surface area contributed by atoms with Crippen LogP contribution in [0.4, 0.5) is 0 Å². The Bertz CT molecular complexity index is 567. The van der Waals surface area contributed by atoms with Gasteiger partial charge in [-0.15, -0.1) is 0 Å². The highest BCUT2D eigenvalue weighted by Crippen LogP contribution is 2.41. The highest BCUT2D eigenvalue weighted by molar-refractivity contribution is 8.13. The predicted molar refractivity (Wildman–Crippen MR) is 96.8 cm³/mol. The van der Waals surface area contributed by atoms with E-state index >= 15 is 0 Å². The maximum absolute atomic E-state index is 12.0. The second kappa shape index (κ2) is 7.82. The molecule has 0 saturated carbocycles. The van der Waals surface area contributed by atoms with Gasteiger partial charge >= 0.3 is 0 Å².